The van der Waals surface area contributed by atoms with Gasteiger partial charge in [0.1, 0.15) is 6.61 Å². The van der Waals surface area contributed by atoms with Gasteiger partial charge in [0.15, 0.2) is 5.82 Å². The third-order valence-corrected chi connectivity index (χ3v) is 6.92. The Hall–Kier alpha value is -4.16. The molecule has 1 atom stereocenters. The fourth-order valence-electron chi connectivity index (χ4n) is 4.36. The van der Waals surface area contributed by atoms with Crippen LogP contribution >= 0.6 is 23.2 Å². The topological polar surface area (TPSA) is 84.5 Å². The molecule has 1 aliphatic heterocycles. The Morgan fingerprint density at radius 3 is 2.48 bits per heavy atom. The second-order valence-corrected chi connectivity index (χ2v) is 9.84. The number of amides is 1. The summed E-state index contributed by atoms with van der Waals surface area (Å²) in [5, 5.41) is 2.39. The lowest BCUT2D eigenvalue weighted by atomic mass is 9.90. The number of fused-ring (bicyclic) bond motifs is 1. The second kappa shape index (κ2) is 12.0. The molecule has 0 fully saturated rings. The zero-order valence-electron chi connectivity index (χ0n) is 21.3. The summed E-state index contributed by atoms with van der Waals surface area (Å²) in [5.41, 5.74) is 2.83. The first-order chi connectivity index (χ1) is 20.1. The maximum Gasteiger partial charge on any atom is 0.428 e. The molecular formula is C29H20Cl2F4N4O3. The van der Waals surface area contributed by atoms with Gasteiger partial charge in [-0.15, -0.1) is 0 Å². The molecule has 1 amide bonds. The predicted molar refractivity (Wildman–Crippen MR) is 149 cm³/mol. The summed E-state index contributed by atoms with van der Waals surface area (Å²) in [5.74, 6) is -1.51. The van der Waals surface area contributed by atoms with Gasteiger partial charge in [-0.25, -0.2) is 4.39 Å². The van der Waals surface area contributed by atoms with Gasteiger partial charge in [0, 0.05) is 41.5 Å². The summed E-state index contributed by atoms with van der Waals surface area (Å²) in [6.07, 6.45) is 1.88. The van der Waals surface area contributed by atoms with E-state index in [0.717, 1.165) is 23.8 Å². The van der Waals surface area contributed by atoms with Gasteiger partial charge in [0.2, 0.25) is 5.60 Å². The zero-order chi connectivity index (χ0) is 29.9. The number of nitrogens with one attached hydrogen (secondary N) is 3. The molecule has 1 aliphatic rings. The van der Waals surface area contributed by atoms with E-state index in [4.69, 9.17) is 32.9 Å². The van der Waals surface area contributed by atoms with Gasteiger partial charge in [-0.05, 0) is 46.7 Å². The van der Waals surface area contributed by atoms with Gasteiger partial charge < -0.3 is 5.32 Å². The molecule has 0 radical (unpaired) electrons. The standard InChI is InChI=1S/C29H20Cl2F4N4O3/c30-23-12-18(13-24(31)26(23)32)28(29(33,34)35)14-25(39-42-28)21-7-8-22(20-6-2-1-5-19(20)21)27(40)37-10-11-38-41-16-17-4-3-9-36-15-17/h1-15,38-39H,16H2,(H,37,40). The Morgan fingerprint density at radius 2 is 1.79 bits per heavy atom. The van der Waals surface area contributed by atoms with Crippen molar-refractivity contribution in [2.75, 3.05) is 0 Å². The van der Waals surface area contributed by atoms with Crippen LogP contribution in [0.3, 0.4) is 0 Å². The average Bonchev–Trinajstić information content (AvgIpc) is 3.44. The molecule has 42 heavy (non-hydrogen) atoms. The minimum absolute atomic E-state index is 0.0260. The number of carbonyl (C=O) groups is 1. The number of aromatic nitrogens is 1. The molecule has 0 saturated carbocycles. The highest BCUT2D eigenvalue weighted by Gasteiger charge is 2.60. The van der Waals surface area contributed by atoms with Crippen molar-refractivity contribution in [3.8, 4) is 0 Å². The molecule has 0 spiro atoms. The van der Waals surface area contributed by atoms with Crippen LogP contribution < -0.4 is 16.3 Å². The molecule has 3 aromatic carbocycles. The Morgan fingerprint density at radius 1 is 1.05 bits per heavy atom. The molecule has 0 aliphatic carbocycles. The molecule has 2 heterocycles. The molecule has 1 aromatic heterocycles. The summed E-state index contributed by atoms with van der Waals surface area (Å²) in [6, 6.07) is 14.9. The number of carbonyl (C=O) groups excluding carboxylic acids is 1. The van der Waals surface area contributed by atoms with Gasteiger partial charge in [0.05, 0.1) is 15.7 Å². The van der Waals surface area contributed by atoms with Crippen LogP contribution in [0.2, 0.25) is 10.0 Å². The quantitative estimate of drug-likeness (QED) is 0.0859. The van der Waals surface area contributed by atoms with Crippen molar-refractivity contribution < 1.29 is 32.0 Å². The molecule has 216 valence electrons. The summed E-state index contributed by atoms with van der Waals surface area (Å²) in [7, 11) is 0. The van der Waals surface area contributed by atoms with E-state index >= 15 is 0 Å². The van der Waals surface area contributed by atoms with Gasteiger partial charge in [-0.3, -0.25) is 30.4 Å². The molecular weight excluding hydrogens is 599 g/mol. The van der Waals surface area contributed by atoms with Crippen LogP contribution in [0, 0.1) is 5.82 Å². The van der Waals surface area contributed by atoms with Crippen molar-refractivity contribution in [1.82, 2.24) is 21.3 Å². The van der Waals surface area contributed by atoms with Crippen LogP contribution in [0.1, 0.15) is 27.0 Å². The molecule has 13 heteroatoms. The van der Waals surface area contributed by atoms with E-state index in [0.29, 0.717) is 16.3 Å². The van der Waals surface area contributed by atoms with Crippen molar-refractivity contribution in [3.63, 3.8) is 0 Å². The number of nitrogens with zero attached hydrogens (tertiary/aromatic N) is 1. The molecule has 0 bridgehead atoms. The molecule has 1 unspecified atom stereocenters. The average molecular weight is 619 g/mol. The molecule has 5 rings (SSSR count). The van der Waals surface area contributed by atoms with E-state index in [-0.39, 0.29) is 17.9 Å². The molecule has 4 aromatic rings. The summed E-state index contributed by atoms with van der Waals surface area (Å²) >= 11 is 11.6. The number of benzene rings is 3. The monoisotopic (exact) mass is 618 g/mol. The van der Waals surface area contributed by atoms with E-state index in [1.165, 1.54) is 24.5 Å². The summed E-state index contributed by atoms with van der Waals surface area (Å²) < 4.78 is 57.3. The van der Waals surface area contributed by atoms with Gasteiger partial charge in [-0.2, -0.15) is 13.2 Å². The van der Waals surface area contributed by atoms with Crippen LogP contribution in [0.5, 0.6) is 0 Å². The lowest BCUT2D eigenvalue weighted by molar-refractivity contribution is -0.269. The lowest BCUT2D eigenvalue weighted by Crippen LogP contribution is -2.42. The van der Waals surface area contributed by atoms with Crippen LogP contribution in [0.25, 0.3) is 16.5 Å². The number of alkyl halides is 3. The highest BCUT2D eigenvalue weighted by Crippen LogP contribution is 2.49. The van der Waals surface area contributed by atoms with Crippen molar-refractivity contribution in [3.05, 3.63) is 130 Å². The van der Waals surface area contributed by atoms with Crippen molar-refractivity contribution >= 4 is 45.6 Å². The number of rotatable bonds is 8. The summed E-state index contributed by atoms with van der Waals surface area (Å²) in [6.45, 7) is 0.253. The first kappa shape index (κ1) is 29.3. The first-order valence-electron chi connectivity index (χ1n) is 12.2. The largest absolute Gasteiger partial charge is 0.428 e. The first-order valence-corrected chi connectivity index (χ1v) is 13.0. The van der Waals surface area contributed by atoms with E-state index in [2.05, 4.69) is 21.3 Å². The van der Waals surface area contributed by atoms with Gasteiger partial charge in [0.25, 0.3) is 5.91 Å². The number of hydrogen-bond acceptors (Lipinski definition) is 6. The Labute approximate surface area is 246 Å². The lowest BCUT2D eigenvalue weighted by Gasteiger charge is -2.28. The Kier molecular flexibility index (Phi) is 8.37. The SMILES string of the molecule is O=C(NC=CNOCc1cccnc1)c1ccc(C2=CC(c3cc(Cl)c(F)c(Cl)c3)(C(F)(F)F)ON2)c2ccccc12. The number of halogens is 6. The maximum atomic E-state index is 14.5. The Balaban J connectivity index is 1.40. The smallest absolute Gasteiger partial charge is 0.327 e. The second-order valence-electron chi connectivity index (χ2n) is 9.03. The van der Waals surface area contributed by atoms with E-state index < -0.39 is 39.1 Å². The van der Waals surface area contributed by atoms with E-state index in [1.54, 1.807) is 42.7 Å². The maximum absolute atomic E-state index is 14.5. The minimum atomic E-state index is -4.98. The van der Waals surface area contributed by atoms with Crippen LogP contribution in [-0.2, 0) is 21.9 Å². The van der Waals surface area contributed by atoms with Crippen LogP contribution in [0.15, 0.2) is 91.5 Å². The fraction of sp³-hybridized carbons (Fsp3) is 0.103. The number of hydroxylamine groups is 2. The minimum Gasteiger partial charge on any atom is -0.327 e. The molecule has 0 saturated heterocycles. The summed E-state index contributed by atoms with van der Waals surface area (Å²) in [4.78, 5) is 27.3. The fourth-order valence-corrected chi connectivity index (χ4v) is 4.85. The van der Waals surface area contributed by atoms with Crippen molar-refractivity contribution in [2.24, 2.45) is 0 Å². The third-order valence-electron chi connectivity index (χ3n) is 6.37. The predicted octanol–water partition coefficient (Wildman–Crippen LogP) is 6.94. The van der Waals surface area contributed by atoms with Crippen LogP contribution in [0.4, 0.5) is 17.6 Å². The zero-order valence-corrected chi connectivity index (χ0v) is 22.8. The highest BCUT2D eigenvalue weighted by atomic mass is 35.5. The normalized spacial score (nSPS) is 16.9. The van der Waals surface area contributed by atoms with Crippen molar-refractivity contribution in [2.45, 2.75) is 18.4 Å². The molecule has 7 nitrogen and oxygen atoms in total. The number of hydrogen-bond donors (Lipinski definition) is 3. The Bertz CT molecular complexity index is 1680. The van der Waals surface area contributed by atoms with E-state index in [9.17, 15) is 22.4 Å². The van der Waals surface area contributed by atoms with Gasteiger partial charge in [-0.1, -0.05) is 59.6 Å². The highest BCUT2D eigenvalue weighted by molar-refractivity contribution is 6.35. The van der Waals surface area contributed by atoms with Crippen molar-refractivity contribution in [1.29, 1.82) is 0 Å². The van der Waals surface area contributed by atoms with E-state index in [1.807, 2.05) is 6.07 Å². The third kappa shape index (κ3) is 5.77. The van der Waals surface area contributed by atoms with Crippen LogP contribution in [-0.4, -0.2) is 17.1 Å². The number of pyridine rings is 1. The molecule has 3 N–H and O–H groups in total. The van der Waals surface area contributed by atoms with Gasteiger partial charge >= 0.3 is 6.18 Å².